The summed E-state index contributed by atoms with van der Waals surface area (Å²) in [5, 5.41) is 0. The molecule has 5 heteroatoms. The van der Waals surface area contributed by atoms with Gasteiger partial charge in [-0.3, -0.25) is 4.90 Å². The first-order valence-corrected chi connectivity index (χ1v) is 7.93. The minimum atomic E-state index is -0.609. The largest absolute Gasteiger partial charge is 0.444 e. The molecule has 2 heterocycles. The SMILES string of the molecule is CC(C)(C)OC(=O)N1C(C[C@H]2CCCOC2)COC1(C)C. The van der Waals surface area contributed by atoms with Crippen LogP contribution in [-0.2, 0) is 14.2 Å². The van der Waals surface area contributed by atoms with Crippen LogP contribution in [0, 0.1) is 5.92 Å². The van der Waals surface area contributed by atoms with E-state index in [1.165, 1.54) is 6.42 Å². The third-order valence-electron chi connectivity index (χ3n) is 4.02. The lowest BCUT2D eigenvalue weighted by Gasteiger charge is -2.36. The van der Waals surface area contributed by atoms with Gasteiger partial charge in [-0.2, -0.15) is 0 Å². The zero-order valence-electron chi connectivity index (χ0n) is 14.0. The first kappa shape index (κ1) is 16.6. The Hall–Kier alpha value is -0.810. The van der Waals surface area contributed by atoms with E-state index < -0.39 is 11.3 Å². The maximum absolute atomic E-state index is 12.5. The van der Waals surface area contributed by atoms with Crippen LogP contribution in [0.5, 0.6) is 0 Å². The Bertz CT molecular complexity index is 369. The molecule has 2 aliphatic rings. The fourth-order valence-electron chi connectivity index (χ4n) is 3.12. The van der Waals surface area contributed by atoms with Gasteiger partial charge in [-0.25, -0.2) is 4.79 Å². The highest BCUT2D eigenvalue weighted by molar-refractivity contribution is 5.69. The molecule has 0 saturated carbocycles. The summed E-state index contributed by atoms with van der Waals surface area (Å²) >= 11 is 0. The van der Waals surface area contributed by atoms with Gasteiger partial charge in [0.25, 0.3) is 0 Å². The minimum absolute atomic E-state index is 0.0709. The van der Waals surface area contributed by atoms with E-state index in [4.69, 9.17) is 14.2 Å². The smallest absolute Gasteiger partial charge is 0.412 e. The van der Waals surface area contributed by atoms with Gasteiger partial charge in [0, 0.05) is 13.2 Å². The van der Waals surface area contributed by atoms with E-state index in [1.54, 1.807) is 4.90 Å². The first-order valence-electron chi connectivity index (χ1n) is 7.93. The van der Waals surface area contributed by atoms with Crippen LogP contribution in [0.1, 0.15) is 53.9 Å². The second-order valence-electron chi connectivity index (χ2n) is 7.58. The van der Waals surface area contributed by atoms with Crippen molar-refractivity contribution < 1.29 is 19.0 Å². The lowest BCUT2D eigenvalue weighted by Crippen LogP contribution is -2.50. The quantitative estimate of drug-likeness (QED) is 0.786. The van der Waals surface area contributed by atoms with Crippen molar-refractivity contribution in [3.63, 3.8) is 0 Å². The van der Waals surface area contributed by atoms with Crippen molar-refractivity contribution in [1.29, 1.82) is 0 Å². The molecular formula is C16H29NO4. The van der Waals surface area contributed by atoms with Crippen molar-refractivity contribution in [2.24, 2.45) is 5.92 Å². The average Bonchev–Trinajstić information content (AvgIpc) is 2.63. The molecule has 0 bridgehead atoms. The number of nitrogens with zero attached hydrogens (tertiary/aromatic N) is 1. The Morgan fingerprint density at radius 2 is 2.05 bits per heavy atom. The standard InChI is InChI=1S/C16H29NO4/c1-15(2,3)21-14(18)17-13(11-20-16(17,4)5)9-12-7-6-8-19-10-12/h12-13H,6-11H2,1-5H3/t12-,13?/m1/s1. The zero-order valence-corrected chi connectivity index (χ0v) is 14.0. The highest BCUT2D eigenvalue weighted by atomic mass is 16.6. The number of hydrogen-bond donors (Lipinski definition) is 0. The molecule has 0 aliphatic carbocycles. The van der Waals surface area contributed by atoms with E-state index in [2.05, 4.69) is 0 Å². The van der Waals surface area contributed by atoms with E-state index >= 15 is 0 Å². The second-order valence-corrected chi connectivity index (χ2v) is 7.58. The van der Waals surface area contributed by atoms with Gasteiger partial charge < -0.3 is 14.2 Å². The normalized spacial score (nSPS) is 29.5. The van der Waals surface area contributed by atoms with Crippen LogP contribution in [0.3, 0.4) is 0 Å². The summed E-state index contributed by atoms with van der Waals surface area (Å²) in [5.74, 6) is 0.506. The molecule has 2 saturated heterocycles. The summed E-state index contributed by atoms with van der Waals surface area (Å²) in [6.45, 7) is 11.7. The molecule has 21 heavy (non-hydrogen) atoms. The van der Waals surface area contributed by atoms with Crippen molar-refractivity contribution in [3.05, 3.63) is 0 Å². The molecule has 0 aromatic heterocycles. The van der Waals surface area contributed by atoms with Crippen LogP contribution in [0.4, 0.5) is 4.79 Å². The summed E-state index contributed by atoms with van der Waals surface area (Å²) in [6.07, 6.45) is 2.90. The summed E-state index contributed by atoms with van der Waals surface area (Å²) in [7, 11) is 0. The van der Waals surface area contributed by atoms with Crippen molar-refractivity contribution in [3.8, 4) is 0 Å². The highest BCUT2D eigenvalue weighted by Gasteiger charge is 2.46. The number of amides is 1. The van der Waals surface area contributed by atoms with Gasteiger partial charge in [0.05, 0.1) is 12.6 Å². The predicted octanol–water partition coefficient (Wildman–Crippen LogP) is 3.18. The molecule has 2 fully saturated rings. The van der Waals surface area contributed by atoms with Gasteiger partial charge in [-0.15, -0.1) is 0 Å². The molecule has 2 rings (SSSR count). The molecule has 1 amide bonds. The Kier molecular flexibility index (Phi) is 4.83. The van der Waals surface area contributed by atoms with E-state index in [9.17, 15) is 4.79 Å². The molecule has 0 spiro atoms. The molecule has 1 unspecified atom stereocenters. The van der Waals surface area contributed by atoms with Gasteiger partial charge in [0.15, 0.2) is 0 Å². The summed E-state index contributed by atoms with van der Waals surface area (Å²) in [5.41, 5.74) is -1.10. The number of carbonyl (C=O) groups excluding carboxylic acids is 1. The monoisotopic (exact) mass is 299 g/mol. The molecule has 122 valence electrons. The van der Waals surface area contributed by atoms with Crippen LogP contribution in [0.2, 0.25) is 0 Å². The number of ether oxygens (including phenoxy) is 3. The maximum Gasteiger partial charge on any atom is 0.412 e. The Morgan fingerprint density at radius 1 is 1.33 bits per heavy atom. The van der Waals surface area contributed by atoms with Crippen molar-refractivity contribution in [1.82, 2.24) is 4.90 Å². The van der Waals surface area contributed by atoms with Gasteiger partial charge in [-0.05, 0) is 59.8 Å². The maximum atomic E-state index is 12.5. The van der Waals surface area contributed by atoms with Crippen LogP contribution in [0.15, 0.2) is 0 Å². The molecule has 0 aromatic rings. The average molecular weight is 299 g/mol. The second kappa shape index (κ2) is 6.13. The van der Waals surface area contributed by atoms with Gasteiger partial charge in [0.1, 0.15) is 11.3 Å². The highest BCUT2D eigenvalue weighted by Crippen LogP contribution is 2.33. The van der Waals surface area contributed by atoms with E-state index in [1.807, 2.05) is 34.6 Å². The van der Waals surface area contributed by atoms with Crippen molar-refractivity contribution in [2.75, 3.05) is 19.8 Å². The topological polar surface area (TPSA) is 48.0 Å². The van der Waals surface area contributed by atoms with Crippen LogP contribution in [-0.4, -0.2) is 48.2 Å². The van der Waals surface area contributed by atoms with E-state index in [0.717, 1.165) is 26.1 Å². The fraction of sp³-hybridized carbons (Fsp3) is 0.938. The number of carbonyl (C=O) groups is 1. The van der Waals surface area contributed by atoms with Crippen LogP contribution >= 0.6 is 0 Å². The van der Waals surface area contributed by atoms with Gasteiger partial charge in [-0.1, -0.05) is 0 Å². The van der Waals surface area contributed by atoms with Gasteiger partial charge >= 0.3 is 6.09 Å². The molecule has 5 nitrogen and oxygen atoms in total. The van der Waals surface area contributed by atoms with Gasteiger partial charge in [0.2, 0.25) is 0 Å². The Balaban J connectivity index is 2.03. The van der Waals surface area contributed by atoms with Crippen LogP contribution < -0.4 is 0 Å². The van der Waals surface area contributed by atoms with Crippen LogP contribution in [0.25, 0.3) is 0 Å². The molecule has 2 aliphatic heterocycles. The number of hydrogen-bond acceptors (Lipinski definition) is 4. The zero-order chi connectivity index (χ0) is 15.7. The lowest BCUT2D eigenvalue weighted by atomic mass is 9.94. The summed E-state index contributed by atoms with van der Waals surface area (Å²) in [4.78, 5) is 14.3. The predicted molar refractivity (Wildman–Crippen MR) is 80.1 cm³/mol. The number of rotatable bonds is 2. The molecule has 0 aromatic carbocycles. The van der Waals surface area contributed by atoms with E-state index in [-0.39, 0.29) is 12.1 Å². The molecule has 0 N–H and O–H groups in total. The summed E-state index contributed by atoms with van der Waals surface area (Å²) in [6, 6.07) is 0.0709. The molecular weight excluding hydrogens is 270 g/mol. The molecule has 0 radical (unpaired) electrons. The first-order chi connectivity index (χ1) is 9.69. The van der Waals surface area contributed by atoms with Crippen molar-refractivity contribution >= 4 is 6.09 Å². The Labute approximate surface area is 127 Å². The lowest BCUT2D eigenvalue weighted by molar-refractivity contribution is -0.0639. The van der Waals surface area contributed by atoms with Crippen molar-refractivity contribution in [2.45, 2.75) is 71.2 Å². The third kappa shape index (κ3) is 4.33. The molecule has 2 atom stereocenters. The third-order valence-corrected chi connectivity index (χ3v) is 4.02. The minimum Gasteiger partial charge on any atom is -0.444 e. The summed E-state index contributed by atoms with van der Waals surface area (Å²) < 4.78 is 16.9. The fourth-order valence-corrected chi connectivity index (χ4v) is 3.12. The Morgan fingerprint density at radius 3 is 2.62 bits per heavy atom. The van der Waals surface area contributed by atoms with E-state index in [0.29, 0.717) is 12.5 Å².